The van der Waals surface area contributed by atoms with E-state index in [-0.39, 0.29) is 0 Å². The fourth-order valence-electron chi connectivity index (χ4n) is 1.37. The first-order valence-corrected chi connectivity index (χ1v) is 6.12. The molecule has 0 aromatic heterocycles. The second kappa shape index (κ2) is 7.09. The van der Waals surface area contributed by atoms with Crippen LogP contribution in [0.1, 0.15) is 25.0 Å². The molecule has 0 fully saturated rings. The van der Waals surface area contributed by atoms with Crippen molar-refractivity contribution in [2.24, 2.45) is 5.14 Å². The summed E-state index contributed by atoms with van der Waals surface area (Å²) in [4.78, 5) is 1.08. The molecule has 0 heterocycles. The van der Waals surface area contributed by atoms with E-state index in [0.717, 1.165) is 4.90 Å². The van der Waals surface area contributed by atoms with E-state index in [1.807, 2.05) is 44.2 Å². The molecule has 0 saturated heterocycles. The third kappa shape index (κ3) is 3.72. The fraction of sp³-hybridized carbons (Fsp3) is 0.143. The van der Waals surface area contributed by atoms with E-state index in [2.05, 4.69) is 24.3 Å². The Morgan fingerprint density at radius 2 is 1.81 bits per heavy atom. The fourth-order valence-corrected chi connectivity index (χ4v) is 1.71. The molecule has 2 N–H and O–H groups in total. The normalized spacial score (nSPS) is 12.2. The lowest BCUT2D eigenvalue weighted by molar-refractivity contribution is 1.42. The van der Waals surface area contributed by atoms with Crippen molar-refractivity contribution in [2.75, 3.05) is 0 Å². The first-order chi connectivity index (χ1) is 7.81. The third-order valence-electron chi connectivity index (χ3n) is 2.12. The molecular weight excluding hydrogens is 214 g/mol. The molecule has 0 aliphatic carbocycles. The van der Waals surface area contributed by atoms with Gasteiger partial charge in [-0.25, -0.2) is 0 Å². The van der Waals surface area contributed by atoms with Crippen molar-refractivity contribution in [3.05, 3.63) is 53.6 Å². The second-order valence-electron chi connectivity index (χ2n) is 3.29. The quantitative estimate of drug-likeness (QED) is 0.618. The lowest BCUT2D eigenvalue weighted by atomic mass is 10.1. The molecule has 1 aromatic rings. The zero-order chi connectivity index (χ0) is 11.8. The van der Waals surface area contributed by atoms with Crippen molar-refractivity contribution in [1.82, 2.24) is 0 Å². The number of hydrogen-bond acceptors (Lipinski definition) is 2. The predicted molar refractivity (Wildman–Crippen MR) is 75.0 cm³/mol. The molecule has 0 unspecified atom stereocenters. The molecule has 1 aromatic carbocycles. The highest BCUT2D eigenvalue weighted by Gasteiger charge is 1.97. The highest BCUT2D eigenvalue weighted by atomic mass is 32.2. The van der Waals surface area contributed by atoms with Crippen LogP contribution >= 0.6 is 11.9 Å². The van der Waals surface area contributed by atoms with Crippen molar-refractivity contribution in [2.45, 2.75) is 18.7 Å². The van der Waals surface area contributed by atoms with Gasteiger partial charge in [-0.05, 0) is 49.1 Å². The summed E-state index contributed by atoms with van der Waals surface area (Å²) >= 11 is 1.27. The monoisotopic (exact) mass is 231 g/mol. The van der Waals surface area contributed by atoms with Crippen molar-refractivity contribution < 1.29 is 0 Å². The van der Waals surface area contributed by atoms with E-state index >= 15 is 0 Å². The number of hydrogen-bond donors (Lipinski definition) is 1. The minimum atomic E-state index is 1.08. The van der Waals surface area contributed by atoms with E-state index in [1.165, 1.54) is 23.1 Å². The van der Waals surface area contributed by atoms with Gasteiger partial charge in [0.25, 0.3) is 0 Å². The Hall–Kier alpha value is -1.25. The first kappa shape index (κ1) is 12.8. The van der Waals surface area contributed by atoms with Crippen molar-refractivity contribution in [3.63, 3.8) is 0 Å². The van der Waals surface area contributed by atoms with Gasteiger partial charge in [0.15, 0.2) is 0 Å². The van der Waals surface area contributed by atoms with Gasteiger partial charge < -0.3 is 0 Å². The maximum absolute atomic E-state index is 5.55. The molecule has 0 aliphatic rings. The Labute approximate surface area is 102 Å². The van der Waals surface area contributed by atoms with Gasteiger partial charge in [-0.2, -0.15) is 0 Å². The zero-order valence-electron chi connectivity index (χ0n) is 9.68. The summed E-state index contributed by atoms with van der Waals surface area (Å²) in [5.41, 5.74) is 2.40. The van der Waals surface area contributed by atoms with E-state index in [9.17, 15) is 0 Å². The van der Waals surface area contributed by atoms with Crippen molar-refractivity contribution in [3.8, 4) is 0 Å². The zero-order valence-corrected chi connectivity index (χ0v) is 10.5. The van der Waals surface area contributed by atoms with Crippen LogP contribution in [0.5, 0.6) is 0 Å². The van der Waals surface area contributed by atoms with Crippen LogP contribution in [0, 0.1) is 0 Å². The van der Waals surface area contributed by atoms with Crippen molar-refractivity contribution >= 4 is 24.1 Å². The molecule has 1 nitrogen and oxygen atoms in total. The number of benzene rings is 1. The van der Waals surface area contributed by atoms with E-state index in [0.29, 0.717) is 0 Å². The number of nitrogens with two attached hydrogens (primary N) is 1. The molecule has 1 rings (SSSR count). The van der Waals surface area contributed by atoms with Gasteiger partial charge in [-0.3, -0.25) is 5.14 Å². The van der Waals surface area contributed by atoms with Crippen LogP contribution in [0.4, 0.5) is 0 Å². The molecule has 0 spiro atoms. The highest BCUT2D eigenvalue weighted by molar-refractivity contribution is 7.97. The SMILES string of the molecule is C/C=C\C=C/c1ccc(SN)cc1/C=C/C. The highest BCUT2D eigenvalue weighted by Crippen LogP contribution is 2.20. The maximum atomic E-state index is 5.55. The molecule has 0 aliphatic heterocycles. The minimum absolute atomic E-state index is 1.08. The van der Waals surface area contributed by atoms with E-state index in [1.54, 1.807) is 0 Å². The minimum Gasteiger partial charge on any atom is -0.274 e. The lowest BCUT2D eigenvalue weighted by Crippen LogP contribution is -1.85. The number of allylic oxidation sites excluding steroid dienone is 4. The molecular formula is C14H17NS. The van der Waals surface area contributed by atoms with Gasteiger partial charge in [-0.15, -0.1) is 0 Å². The molecule has 0 radical (unpaired) electrons. The van der Waals surface area contributed by atoms with Crippen LogP contribution in [0.2, 0.25) is 0 Å². The first-order valence-electron chi connectivity index (χ1n) is 5.24. The van der Waals surface area contributed by atoms with E-state index in [4.69, 9.17) is 5.14 Å². The molecule has 0 amide bonds. The average molecular weight is 231 g/mol. The standard InChI is InChI=1S/C14H17NS/c1-3-5-6-8-12-9-10-14(16-15)11-13(12)7-4-2/h3-11H,15H2,1-2H3/b5-3-,7-4+,8-6-. The second-order valence-corrected chi connectivity index (χ2v) is 4.00. The Morgan fingerprint density at radius 3 is 2.44 bits per heavy atom. The summed E-state index contributed by atoms with van der Waals surface area (Å²) in [6.45, 7) is 4.02. The molecule has 16 heavy (non-hydrogen) atoms. The summed E-state index contributed by atoms with van der Waals surface area (Å²) < 4.78 is 0. The van der Waals surface area contributed by atoms with Gasteiger partial charge in [0.1, 0.15) is 0 Å². The van der Waals surface area contributed by atoms with Gasteiger partial charge >= 0.3 is 0 Å². The lowest BCUT2D eigenvalue weighted by Gasteiger charge is -2.03. The summed E-state index contributed by atoms with van der Waals surface area (Å²) in [6, 6.07) is 6.22. The van der Waals surface area contributed by atoms with Gasteiger partial charge in [-0.1, -0.05) is 42.5 Å². The topological polar surface area (TPSA) is 26.0 Å². The molecule has 84 valence electrons. The molecule has 2 heteroatoms. The number of rotatable bonds is 4. The summed E-state index contributed by atoms with van der Waals surface area (Å²) in [5.74, 6) is 0. The molecule has 0 saturated carbocycles. The van der Waals surface area contributed by atoms with Crippen LogP contribution in [-0.4, -0.2) is 0 Å². The maximum Gasteiger partial charge on any atom is 0.0232 e. The summed E-state index contributed by atoms with van der Waals surface area (Å²) in [5, 5.41) is 5.55. The predicted octanol–water partition coefficient (Wildman–Crippen LogP) is 4.27. The summed E-state index contributed by atoms with van der Waals surface area (Å²) in [7, 11) is 0. The Morgan fingerprint density at radius 1 is 1.00 bits per heavy atom. The van der Waals surface area contributed by atoms with E-state index < -0.39 is 0 Å². The van der Waals surface area contributed by atoms with Crippen LogP contribution in [0.25, 0.3) is 12.2 Å². The van der Waals surface area contributed by atoms with Gasteiger partial charge in [0.05, 0.1) is 0 Å². The van der Waals surface area contributed by atoms with Crippen LogP contribution < -0.4 is 5.14 Å². The van der Waals surface area contributed by atoms with Crippen LogP contribution in [-0.2, 0) is 0 Å². The Balaban J connectivity index is 3.07. The average Bonchev–Trinajstić information content (AvgIpc) is 2.31. The van der Waals surface area contributed by atoms with Crippen LogP contribution in [0.15, 0.2) is 47.4 Å². The molecule has 0 atom stereocenters. The van der Waals surface area contributed by atoms with Gasteiger partial charge in [0.2, 0.25) is 0 Å². The van der Waals surface area contributed by atoms with Crippen molar-refractivity contribution in [1.29, 1.82) is 0 Å². The van der Waals surface area contributed by atoms with Crippen LogP contribution in [0.3, 0.4) is 0 Å². The summed E-state index contributed by atoms with van der Waals surface area (Å²) in [6.07, 6.45) is 12.3. The Bertz CT molecular complexity index is 417. The largest absolute Gasteiger partial charge is 0.274 e. The van der Waals surface area contributed by atoms with Gasteiger partial charge in [0, 0.05) is 4.90 Å². The molecule has 0 bridgehead atoms. The smallest absolute Gasteiger partial charge is 0.0232 e. The third-order valence-corrected chi connectivity index (χ3v) is 2.65. The Kier molecular flexibility index (Phi) is 5.68.